The summed E-state index contributed by atoms with van der Waals surface area (Å²) in [7, 11) is 0. The van der Waals surface area contributed by atoms with Crippen LogP contribution in [0.1, 0.15) is 12.8 Å². The Morgan fingerprint density at radius 2 is 2.17 bits per heavy atom. The van der Waals surface area contributed by atoms with Gasteiger partial charge in [0, 0.05) is 16.7 Å². The topological polar surface area (TPSA) is 63.3 Å². The zero-order valence-electron chi connectivity index (χ0n) is 9.53. The number of hydrogen-bond acceptors (Lipinski definition) is 3. The van der Waals surface area contributed by atoms with E-state index >= 15 is 0 Å². The van der Waals surface area contributed by atoms with Crippen molar-refractivity contribution in [3.05, 3.63) is 29.8 Å². The van der Waals surface area contributed by atoms with Crippen LogP contribution in [-0.2, 0) is 4.79 Å². The Hall–Kier alpha value is -1.14. The van der Waals surface area contributed by atoms with Crippen LogP contribution in [0.15, 0.2) is 23.1 Å². The van der Waals surface area contributed by atoms with Crippen molar-refractivity contribution < 1.29 is 18.7 Å². The molecule has 98 valence electrons. The molecule has 1 fully saturated rings. The Balaban J connectivity index is 2.08. The minimum absolute atomic E-state index is 0.0500. The molecular formula is C12H13F2NO2S. The van der Waals surface area contributed by atoms with Gasteiger partial charge in [-0.05, 0) is 30.9 Å². The standard InChI is InChI=1S/C12H13F2NO2S/c13-8-3-4-10(9(14)5-8)18-6-12(15,11(16)17)7-1-2-7/h3-5,7H,1-2,6,15H2,(H,16,17). The van der Waals surface area contributed by atoms with Crippen molar-refractivity contribution in [2.24, 2.45) is 11.7 Å². The van der Waals surface area contributed by atoms with E-state index in [0.717, 1.165) is 36.7 Å². The number of carboxylic acid groups (broad SMARTS) is 1. The highest BCUT2D eigenvalue weighted by Gasteiger charge is 2.48. The first-order valence-electron chi connectivity index (χ1n) is 5.53. The highest BCUT2D eigenvalue weighted by Crippen LogP contribution is 2.41. The molecule has 0 heterocycles. The normalized spacial score (nSPS) is 18.4. The highest BCUT2D eigenvalue weighted by molar-refractivity contribution is 7.99. The lowest BCUT2D eigenvalue weighted by molar-refractivity contribution is -0.143. The number of halogens is 2. The van der Waals surface area contributed by atoms with Gasteiger partial charge in [-0.25, -0.2) is 8.78 Å². The van der Waals surface area contributed by atoms with Crippen molar-refractivity contribution in [1.82, 2.24) is 0 Å². The van der Waals surface area contributed by atoms with E-state index in [4.69, 9.17) is 10.8 Å². The maximum Gasteiger partial charge on any atom is 0.324 e. The van der Waals surface area contributed by atoms with Crippen LogP contribution in [-0.4, -0.2) is 22.4 Å². The minimum atomic E-state index is -1.33. The van der Waals surface area contributed by atoms with Crippen molar-refractivity contribution in [1.29, 1.82) is 0 Å². The van der Waals surface area contributed by atoms with Crippen molar-refractivity contribution in [2.45, 2.75) is 23.3 Å². The van der Waals surface area contributed by atoms with Crippen molar-refractivity contribution in [3.63, 3.8) is 0 Å². The lowest BCUT2D eigenvalue weighted by atomic mass is 9.98. The highest BCUT2D eigenvalue weighted by atomic mass is 32.2. The second kappa shape index (κ2) is 4.85. The Labute approximate surface area is 107 Å². The van der Waals surface area contributed by atoms with Gasteiger partial charge < -0.3 is 10.8 Å². The number of benzene rings is 1. The number of thioether (sulfide) groups is 1. The third-order valence-corrected chi connectivity index (χ3v) is 4.33. The minimum Gasteiger partial charge on any atom is -0.480 e. The summed E-state index contributed by atoms with van der Waals surface area (Å²) in [4.78, 5) is 11.4. The molecule has 2 rings (SSSR count). The first-order chi connectivity index (χ1) is 8.43. The molecule has 6 heteroatoms. The van der Waals surface area contributed by atoms with Gasteiger partial charge in [-0.15, -0.1) is 11.8 Å². The van der Waals surface area contributed by atoms with Crippen LogP contribution in [0.5, 0.6) is 0 Å². The molecule has 0 saturated heterocycles. The molecule has 0 bridgehead atoms. The number of carboxylic acids is 1. The molecule has 3 nitrogen and oxygen atoms in total. The van der Waals surface area contributed by atoms with Gasteiger partial charge in [0.25, 0.3) is 0 Å². The lowest BCUT2D eigenvalue weighted by Crippen LogP contribution is -2.52. The van der Waals surface area contributed by atoms with Gasteiger partial charge in [0.05, 0.1) is 0 Å². The molecule has 18 heavy (non-hydrogen) atoms. The third-order valence-electron chi connectivity index (χ3n) is 3.06. The van der Waals surface area contributed by atoms with E-state index in [1.807, 2.05) is 0 Å². The summed E-state index contributed by atoms with van der Waals surface area (Å²) in [5, 5.41) is 9.14. The second-order valence-electron chi connectivity index (χ2n) is 4.48. The van der Waals surface area contributed by atoms with Gasteiger partial charge in [-0.2, -0.15) is 0 Å². The van der Waals surface area contributed by atoms with E-state index < -0.39 is 23.1 Å². The predicted molar refractivity (Wildman–Crippen MR) is 64.4 cm³/mol. The summed E-state index contributed by atoms with van der Waals surface area (Å²) >= 11 is 1.01. The molecule has 3 N–H and O–H groups in total. The third kappa shape index (κ3) is 2.64. The van der Waals surface area contributed by atoms with E-state index in [2.05, 4.69) is 0 Å². The molecular weight excluding hydrogens is 260 g/mol. The van der Waals surface area contributed by atoms with E-state index in [-0.39, 0.29) is 16.6 Å². The van der Waals surface area contributed by atoms with Gasteiger partial charge in [-0.3, -0.25) is 4.79 Å². The van der Waals surface area contributed by atoms with E-state index in [1.165, 1.54) is 6.07 Å². The van der Waals surface area contributed by atoms with E-state index in [9.17, 15) is 13.6 Å². The monoisotopic (exact) mass is 273 g/mol. The fourth-order valence-electron chi connectivity index (χ4n) is 1.74. The van der Waals surface area contributed by atoms with Gasteiger partial charge in [0.2, 0.25) is 0 Å². The van der Waals surface area contributed by atoms with Gasteiger partial charge >= 0.3 is 5.97 Å². The molecule has 1 unspecified atom stereocenters. The summed E-state index contributed by atoms with van der Waals surface area (Å²) < 4.78 is 26.1. The molecule has 0 radical (unpaired) electrons. The average Bonchev–Trinajstić information content (AvgIpc) is 3.11. The van der Waals surface area contributed by atoms with Crippen LogP contribution < -0.4 is 5.73 Å². The Kier molecular flexibility index (Phi) is 3.59. The smallest absolute Gasteiger partial charge is 0.324 e. The van der Waals surface area contributed by atoms with Crippen LogP contribution in [0.3, 0.4) is 0 Å². The van der Waals surface area contributed by atoms with E-state index in [0.29, 0.717) is 0 Å². The number of aliphatic carboxylic acids is 1. The maximum absolute atomic E-state index is 13.4. The van der Waals surface area contributed by atoms with Gasteiger partial charge in [0.15, 0.2) is 0 Å². The quantitative estimate of drug-likeness (QED) is 0.808. The molecule has 1 atom stereocenters. The molecule has 1 aliphatic rings. The van der Waals surface area contributed by atoms with Gasteiger partial charge in [-0.1, -0.05) is 0 Å². The maximum atomic E-state index is 13.4. The number of hydrogen-bond donors (Lipinski definition) is 2. The first-order valence-corrected chi connectivity index (χ1v) is 6.52. The average molecular weight is 273 g/mol. The predicted octanol–water partition coefficient (Wildman–Crippen LogP) is 2.25. The molecule has 0 amide bonds. The Bertz CT molecular complexity index is 479. The summed E-state index contributed by atoms with van der Waals surface area (Å²) in [6.45, 7) is 0. The van der Waals surface area contributed by atoms with Crippen molar-refractivity contribution in [2.75, 3.05) is 5.75 Å². The number of carbonyl (C=O) groups is 1. The second-order valence-corrected chi connectivity index (χ2v) is 5.50. The molecule has 1 aliphatic carbocycles. The first kappa shape index (κ1) is 13.3. The Morgan fingerprint density at radius 1 is 1.50 bits per heavy atom. The largest absolute Gasteiger partial charge is 0.480 e. The molecule has 0 spiro atoms. The number of nitrogens with two attached hydrogens (primary N) is 1. The summed E-state index contributed by atoms with van der Waals surface area (Å²) in [6, 6.07) is 3.21. The van der Waals surface area contributed by atoms with Crippen LogP contribution >= 0.6 is 11.8 Å². The van der Waals surface area contributed by atoms with Crippen LogP contribution in [0.4, 0.5) is 8.78 Å². The molecule has 0 aliphatic heterocycles. The van der Waals surface area contributed by atoms with Gasteiger partial charge in [0.1, 0.15) is 17.2 Å². The van der Waals surface area contributed by atoms with Crippen molar-refractivity contribution in [3.8, 4) is 0 Å². The fourth-order valence-corrected chi connectivity index (χ4v) is 2.86. The molecule has 0 aromatic heterocycles. The van der Waals surface area contributed by atoms with Crippen LogP contribution in [0.2, 0.25) is 0 Å². The fraction of sp³-hybridized carbons (Fsp3) is 0.417. The van der Waals surface area contributed by atoms with Crippen molar-refractivity contribution >= 4 is 17.7 Å². The summed E-state index contributed by atoms with van der Waals surface area (Å²) in [5.74, 6) is -2.39. The Morgan fingerprint density at radius 3 is 2.67 bits per heavy atom. The molecule has 1 saturated carbocycles. The lowest BCUT2D eigenvalue weighted by Gasteiger charge is -2.23. The van der Waals surface area contributed by atoms with E-state index in [1.54, 1.807) is 0 Å². The molecule has 1 aromatic rings. The van der Waals surface area contributed by atoms with Crippen LogP contribution in [0, 0.1) is 17.6 Å². The zero-order valence-corrected chi connectivity index (χ0v) is 10.3. The van der Waals surface area contributed by atoms with Crippen LogP contribution in [0.25, 0.3) is 0 Å². The summed E-state index contributed by atoms with van der Waals surface area (Å²) in [5.41, 5.74) is 4.53. The number of rotatable bonds is 5. The SMILES string of the molecule is NC(CSc1ccc(F)cc1F)(C(=O)O)C1CC1. The summed E-state index contributed by atoms with van der Waals surface area (Å²) in [6.07, 6.45) is 1.57. The molecule has 1 aromatic carbocycles. The zero-order chi connectivity index (χ0) is 13.3.